The largest absolute Gasteiger partial charge is 0.401 e. The average Bonchev–Trinajstić information content (AvgIpc) is 3.34. The van der Waals surface area contributed by atoms with Crippen LogP contribution in [0.3, 0.4) is 0 Å². The molecule has 0 saturated carbocycles. The third-order valence-electron chi connectivity index (χ3n) is 6.31. The van der Waals surface area contributed by atoms with E-state index in [1.165, 1.54) is 23.2 Å². The molecule has 0 unspecified atom stereocenters. The zero-order valence-corrected chi connectivity index (χ0v) is 19.8. The van der Waals surface area contributed by atoms with Gasteiger partial charge in [0.05, 0.1) is 34.5 Å². The standard InChI is InChI=1S/C23H25F3N6OS/c1-13-3-4-15(11-27-13)19-17-5-6-18-21(34-22(29-18)28-14(2)33)20(17)32(30-19)16-7-9-31(10-8-16)12-23(24,25)26/h3-4,11,16H,5-10,12H2,1-2H3,(H,28,29,33). The fourth-order valence-electron chi connectivity index (χ4n) is 4.78. The van der Waals surface area contributed by atoms with Crippen molar-refractivity contribution in [2.45, 2.75) is 51.7 Å². The number of aromatic nitrogens is 4. The van der Waals surface area contributed by atoms with E-state index >= 15 is 0 Å². The van der Waals surface area contributed by atoms with Gasteiger partial charge in [0.25, 0.3) is 0 Å². The number of hydrogen-bond donors (Lipinski definition) is 1. The maximum atomic E-state index is 12.9. The van der Waals surface area contributed by atoms with Gasteiger partial charge in [-0.2, -0.15) is 18.3 Å². The molecule has 1 amide bonds. The van der Waals surface area contributed by atoms with Crippen LogP contribution in [0.5, 0.6) is 0 Å². The fourth-order valence-corrected chi connectivity index (χ4v) is 5.90. The summed E-state index contributed by atoms with van der Waals surface area (Å²) in [5.74, 6) is -0.178. The third-order valence-corrected chi connectivity index (χ3v) is 7.33. The summed E-state index contributed by atoms with van der Waals surface area (Å²) in [6.45, 7) is 3.24. The van der Waals surface area contributed by atoms with E-state index in [1.807, 2.05) is 29.9 Å². The van der Waals surface area contributed by atoms with E-state index < -0.39 is 12.7 Å². The quantitative estimate of drug-likeness (QED) is 0.577. The van der Waals surface area contributed by atoms with Crippen LogP contribution < -0.4 is 5.32 Å². The first-order valence-corrected chi connectivity index (χ1v) is 12.1. The van der Waals surface area contributed by atoms with Crippen LogP contribution in [-0.2, 0) is 17.6 Å². The molecule has 11 heteroatoms. The van der Waals surface area contributed by atoms with Crippen LogP contribution in [0, 0.1) is 6.92 Å². The number of hydrogen-bond acceptors (Lipinski definition) is 6. The van der Waals surface area contributed by atoms with E-state index in [2.05, 4.69) is 15.3 Å². The molecular weight excluding hydrogens is 465 g/mol. The lowest BCUT2D eigenvalue weighted by atomic mass is 9.95. The van der Waals surface area contributed by atoms with Crippen molar-refractivity contribution in [3.05, 3.63) is 35.3 Å². The Labute approximate surface area is 199 Å². The van der Waals surface area contributed by atoms with Crippen LogP contribution in [0.1, 0.15) is 42.8 Å². The van der Waals surface area contributed by atoms with Crippen molar-refractivity contribution >= 4 is 22.4 Å². The molecule has 0 radical (unpaired) electrons. The smallest absolute Gasteiger partial charge is 0.302 e. The van der Waals surface area contributed by atoms with Gasteiger partial charge in [0.1, 0.15) is 0 Å². The molecule has 3 aromatic heterocycles. The molecule has 3 aromatic rings. The number of pyridine rings is 1. The number of carbonyl (C=O) groups is 1. The van der Waals surface area contributed by atoms with Gasteiger partial charge in [-0.25, -0.2) is 4.98 Å². The zero-order valence-electron chi connectivity index (χ0n) is 18.9. The first kappa shape index (κ1) is 23.0. The Balaban J connectivity index is 1.54. The topological polar surface area (TPSA) is 75.9 Å². The number of aryl methyl sites for hydroxylation is 2. The number of nitrogens with zero attached hydrogens (tertiary/aromatic N) is 5. The number of piperidine rings is 1. The molecule has 0 spiro atoms. The van der Waals surface area contributed by atoms with Crippen molar-refractivity contribution in [1.29, 1.82) is 0 Å². The van der Waals surface area contributed by atoms with E-state index in [-0.39, 0.29) is 11.9 Å². The van der Waals surface area contributed by atoms with E-state index in [4.69, 9.17) is 5.10 Å². The zero-order chi connectivity index (χ0) is 24.0. The summed E-state index contributed by atoms with van der Waals surface area (Å²) in [6.07, 6.45) is 0.285. The first-order valence-electron chi connectivity index (χ1n) is 11.3. The first-order chi connectivity index (χ1) is 16.2. The highest BCUT2D eigenvalue weighted by Gasteiger charge is 2.36. The van der Waals surface area contributed by atoms with Crippen molar-refractivity contribution in [3.63, 3.8) is 0 Å². The minimum Gasteiger partial charge on any atom is -0.302 e. The van der Waals surface area contributed by atoms with Crippen LogP contribution in [0.4, 0.5) is 18.3 Å². The maximum Gasteiger partial charge on any atom is 0.401 e. The number of nitrogens with one attached hydrogen (secondary N) is 1. The number of carbonyl (C=O) groups excluding carboxylic acids is 1. The molecule has 1 fully saturated rings. The van der Waals surface area contributed by atoms with Gasteiger partial charge in [0, 0.05) is 43.0 Å². The fraction of sp³-hybridized carbons (Fsp3) is 0.478. The Hall–Kier alpha value is -2.79. The number of fused-ring (bicyclic) bond motifs is 3. The molecular formula is C23H25F3N6OS. The highest BCUT2D eigenvalue weighted by molar-refractivity contribution is 7.19. The van der Waals surface area contributed by atoms with Crippen molar-refractivity contribution in [3.8, 4) is 21.8 Å². The summed E-state index contributed by atoms with van der Waals surface area (Å²) >= 11 is 1.43. The SMILES string of the molecule is CC(=O)Nc1nc2c(s1)-c1c(c(-c3ccc(C)nc3)nn1C1CCN(CC(F)(F)F)CC1)CC2. The van der Waals surface area contributed by atoms with Crippen LogP contribution in [-0.4, -0.2) is 56.4 Å². The lowest BCUT2D eigenvalue weighted by Gasteiger charge is -2.33. The molecule has 5 rings (SSSR count). The minimum atomic E-state index is -4.19. The third kappa shape index (κ3) is 4.58. The van der Waals surface area contributed by atoms with Gasteiger partial charge in [0.15, 0.2) is 5.13 Å². The lowest BCUT2D eigenvalue weighted by Crippen LogP contribution is -2.40. The normalized spacial score (nSPS) is 16.9. The molecule has 1 aliphatic heterocycles. The number of amides is 1. The molecule has 0 bridgehead atoms. The molecule has 0 aromatic carbocycles. The van der Waals surface area contributed by atoms with Crippen molar-refractivity contribution in [2.24, 2.45) is 0 Å². The van der Waals surface area contributed by atoms with E-state index in [0.29, 0.717) is 31.1 Å². The lowest BCUT2D eigenvalue weighted by molar-refractivity contribution is -0.148. The Morgan fingerprint density at radius 2 is 2.00 bits per heavy atom. The van der Waals surface area contributed by atoms with Gasteiger partial charge in [-0.3, -0.25) is 19.4 Å². The van der Waals surface area contributed by atoms with Gasteiger partial charge in [-0.15, -0.1) is 0 Å². The summed E-state index contributed by atoms with van der Waals surface area (Å²) in [6, 6.07) is 3.95. The Morgan fingerprint density at radius 3 is 2.65 bits per heavy atom. The van der Waals surface area contributed by atoms with E-state index in [0.717, 1.165) is 51.6 Å². The number of rotatable bonds is 4. The number of halogens is 3. The number of alkyl halides is 3. The molecule has 7 nitrogen and oxygen atoms in total. The number of thiazole rings is 1. The summed E-state index contributed by atoms with van der Waals surface area (Å²) < 4.78 is 40.6. The van der Waals surface area contributed by atoms with Crippen LogP contribution in [0.25, 0.3) is 21.8 Å². The molecule has 4 heterocycles. The molecule has 1 aliphatic carbocycles. The van der Waals surface area contributed by atoms with Crippen LogP contribution >= 0.6 is 11.3 Å². The molecule has 180 valence electrons. The molecule has 2 aliphatic rings. The van der Waals surface area contributed by atoms with Crippen LogP contribution in [0.15, 0.2) is 18.3 Å². The van der Waals surface area contributed by atoms with Gasteiger partial charge in [-0.05, 0) is 44.7 Å². The second-order valence-corrected chi connectivity index (χ2v) is 9.91. The molecule has 0 atom stereocenters. The van der Waals surface area contributed by atoms with Gasteiger partial charge in [-0.1, -0.05) is 11.3 Å². The molecule has 34 heavy (non-hydrogen) atoms. The van der Waals surface area contributed by atoms with Gasteiger partial charge in [0.2, 0.25) is 5.91 Å². The van der Waals surface area contributed by atoms with Crippen molar-refractivity contribution in [1.82, 2.24) is 24.6 Å². The van der Waals surface area contributed by atoms with Crippen LogP contribution in [0.2, 0.25) is 0 Å². The Morgan fingerprint density at radius 1 is 1.24 bits per heavy atom. The minimum absolute atomic E-state index is 0.0114. The summed E-state index contributed by atoms with van der Waals surface area (Å²) in [7, 11) is 0. The summed E-state index contributed by atoms with van der Waals surface area (Å²) in [4.78, 5) is 23.1. The van der Waals surface area contributed by atoms with E-state index in [1.54, 1.807) is 0 Å². The highest BCUT2D eigenvalue weighted by atomic mass is 32.1. The average molecular weight is 491 g/mol. The van der Waals surface area contributed by atoms with E-state index in [9.17, 15) is 18.0 Å². The number of anilines is 1. The number of likely N-dealkylation sites (tertiary alicyclic amines) is 1. The predicted octanol–water partition coefficient (Wildman–Crippen LogP) is 4.63. The highest BCUT2D eigenvalue weighted by Crippen LogP contribution is 2.45. The van der Waals surface area contributed by atoms with Gasteiger partial charge >= 0.3 is 6.18 Å². The summed E-state index contributed by atoms with van der Waals surface area (Å²) in [5.41, 5.74) is 5.70. The molecule has 1 saturated heterocycles. The monoisotopic (exact) mass is 490 g/mol. The van der Waals surface area contributed by atoms with Crippen molar-refractivity contribution in [2.75, 3.05) is 25.0 Å². The second kappa shape index (κ2) is 8.77. The second-order valence-electron chi connectivity index (χ2n) is 8.91. The maximum absolute atomic E-state index is 12.9. The van der Waals surface area contributed by atoms with Crippen molar-refractivity contribution < 1.29 is 18.0 Å². The summed E-state index contributed by atoms with van der Waals surface area (Å²) in [5, 5.41) is 8.34. The predicted molar refractivity (Wildman–Crippen MR) is 124 cm³/mol. The Bertz CT molecular complexity index is 1210. The molecule has 1 N–H and O–H groups in total. The van der Waals surface area contributed by atoms with Gasteiger partial charge < -0.3 is 5.32 Å². The Kier molecular flexibility index (Phi) is 5.93.